The Labute approximate surface area is 182 Å². The Morgan fingerprint density at radius 2 is 1.87 bits per heavy atom. The number of hydrogen-bond donors (Lipinski definition) is 5. The first-order valence-electron chi connectivity index (χ1n) is 10.2. The number of nitrogens with two attached hydrogens (primary N) is 1. The molecule has 0 saturated heterocycles. The molecule has 0 fully saturated rings. The second kappa shape index (κ2) is 9.34. The van der Waals surface area contributed by atoms with Crippen LogP contribution in [-0.4, -0.2) is 31.2 Å². The molecule has 0 aliphatic carbocycles. The van der Waals surface area contributed by atoms with Gasteiger partial charge in [0.15, 0.2) is 0 Å². The second-order valence-electron chi connectivity index (χ2n) is 7.28. The van der Waals surface area contributed by atoms with Crippen molar-refractivity contribution in [3.05, 3.63) is 64.9 Å². The molecule has 2 aromatic carbocycles. The summed E-state index contributed by atoms with van der Waals surface area (Å²) in [6.45, 7) is 7.69. The Morgan fingerprint density at radius 1 is 1.19 bits per heavy atom. The second-order valence-corrected chi connectivity index (χ2v) is 7.28. The fourth-order valence-electron chi connectivity index (χ4n) is 3.69. The number of nitrogens with zero attached hydrogens (tertiary/aromatic N) is 1. The highest BCUT2D eigenvalue weighted by Gasteiger charge is 2.31. The van der Waals surface area contributed by atoms with Gasteiger partial charge < -0.3 is 32.0 Å². The predicted octanol–water partition coefficient (Wildman–Crippen LogP) is 3.38. The first kappa shape index (κ1) is 21.9. The van der Waals surface area contributed by atoms with Crippen LogP contribution in [-0.2, 0) is 4.79 Å². The number of nitrogens with one attached hydrogen (secondary N) is 4. The summed E-state index contributed by atoms with van der Waals surface area (Å²) in [4.78, 5) is 27.5. The molecule has 0 bridgehead atoms. The van der Waals surface area contributed by atoms with Gasteiger partial charge in [-0.2, -0.15) is 0 Å². The molecule has 1 aliphatic heterocycles. The van der Waals surface area contributed by atoms with Crippen molar-refractivity contribution < 1.29 is 9.59 Å². The maximum atomic E-state index is 13.2. The predicted molar refractivity (Wildman–Crippen MR) is 124 cm³/mol. The van der Waals surface area contributed by atoms with E-state index in [2.05, 4.69) is 34.7 Å². The monoisotopic (exact) mass is 420 g/mol. The lowest BCUT2D eigenvalue weighted by Gasteiger charge is -2.29. The van der Waals surface area contributed by atoms with Gasteiger partial charge in [-0.3, -0.25) is 4.79 Å². The van der Waals surface area contributed by atoms with Crippen molar-refractivity contribution in [1.82, 2.24) is 10.6 Å². The summed E-state index contributed by atoms with van der Waals surface area (Å²) in [6, 6.07) is 11.9. The summed E-state index contributed by atoms with van der Waals surface area (Å²) in [6.07, 6.45) is 1.14. The van der Waals surface area contributed by atoms with Crippen LogP contribution in [0.1, 0.15) is 37.9 Å². The third-order valence-electron chi connectivity index (χ3n) is 5.37. The van der Waals surface area contributed by atoms with E-state index in [0.29, 0.717) is 28.2 Å². The maximum Gasteiger partial charge on any atom is 0.319 e. The van der Waals surface area contributed by atoms with Gasteiger partial charge in [0, 0.05) is 47.6 Å². The minimum Gasteiger partial charge on any atom is -0.398 e. The Morgan fingerprint density at radius 3 is 2.48 bits per heavy atom. The summed E-state index contributed by atoms with van der Waals surface area (Å²) in [7, 11) is 0. The highest BCUT2D eigenvalue weighted by Crippen LogP contribution is 2.29. The molecule has 3 rings (SSSR count). The van der Waals surface area contributed by atoms with E-state index in [1.807, 2.05) is 24.3 Å². The van der Waals surface area contributed by atoms with Crippen LogP contribution in [0.5, 0.6) is 0 Å². The van der Waals surface area contributed by atoms with Crippen molar-refractivity contribution in [2.45, 2.75) is 26.8 Å². The number of carbonyl (C=O) groups is 2. The zero-order valence-electron chi connectivity index (χ0n) is 18.0. The molecule has 1 atom stereocenters. The first-order valence-corrected chi connectivity index (χ1v) is 10.2. The van der Waals surface area contributed by atoms with E-state index in [4.69, 9.17) is 11.1 Å². The fourth-order valence-corrected chi connectivity index (χ4v) is 3.69. The lowest BCUT2D eigenvalue weighted by molar-refractivity contribution is -0.113. The molecule has 0 radical (unpaired) electrons. The molecule has 0 spiro atoms. The zero-order valence-corrected chi connectivity index (χ0v) is 18.0. The van der Waals surface area contributed by atoms with E-state index in [0.717, 1.165) is 30.6 Å². The normalized spacial score (nSPS) is 15.7. The Kier molecular flexibility index (Phi) is 6.59. The lowest BCUT2D eigenvalue weighted by atomic mass is 9.94. The van der Waals surface area contributed by atoms with Crippen LogP contribution in [0.3, 0.4) is 0 Å². The summed E-state index contributed by atoms with van der Waals surface area (Å²) in [5, 5.41) is 15.8. The molecule has 162 valence electrons. The van der Waals surface area contributed by atoms with Crippen molar-refractivity contribution in [3.8, 4) is 0 Å². The molecular formula is C23H28N6O2. The van der Waals surface area contributed by atoms with E-state index in [9.17, 15) is 9.59 Å². The molecular weight excluding hydrogens is 392 g/mol. The molecule has 0 aromatic heterocycles. The molecule has 8 heteroatoms. The Balaban J connectivity index is 1.91. The van der Waals surface area contributed by atoms with Gasteiger partial charge in [-0.25, -0.2) is 4.79 Å². The summed E-state index contributed by atoms with van der Waals surface area (Å²) in [5.41, 5.74) is 10.1. The van der Waals surface area contributed by atoms with Crippen molar-refractivity contribution >= 4 is 35.2 Å². The van der Waals surface area contributed by atoms with Crippen LogP contribution in [0.2, 0.25) is 0 Å². The topological polar surface area (TPSA) is 123 Å². The van der Waals surface area contributed by atoms with Gasteiger partial charge in [0.05, 0.1) is 11.6 Å². The van der Waals surface area contributed by atoms with Crippen LogP contribution < -0.4 is 26.6 Å². The van der Waals surface area contributed by atoms with Crippen molar-refractivity contribution in [1.29, 1.82) is 5.41 Å². The standard InChI is InChI=1S/C23H28N6O2/c1-4-29(5-2)18-9-6-15(7-10-18)21-20(14(3)26-23(31)28-21)22(30)27-17-8-11-19(25)16(12-17)13-24/h6-13,21,24H,4-5,25H2,1-3H3,(H,27,30)(H2,26,28,31). The van der Waals surface area contributed by atoms with Gasteiger partial charge in [0.25, 0.3) is 5.91 Å². The van der Waals surface area contributed by atoms with Gasteiger partial charge in [-0.1, -0.05) is 12.1 Å². The molecule has 0 saturated carbocycles. The number of benzene rings is 2. The average Bonchev–Trinajstić information content (AvgIpc) is 2.75. The van der Waals surface area contributed by atoms with Crippen LogP contribution in [0.15, 0.2) is 53.7 Å². The number of carbonyl (C=O) groups excluding carboxylic acids is 2. The quantitative estimate of drug-likeness (QED) is 0.348. The number of allylic oxidation sites excluding steroid dienone is 1. The van der Waals surface area contributed by atoms with Gasteiger partial charge in [-0.15, -0.1) is 0 Å². The van der Waals surface area contributed by atoms with Gasteiger partial charge in [-0.05, 0) is 56.7 Å². The number of anilines is 3. The van der Waals surface area contributed by atoms with E-state index in [1.54, 1.807) is 25.1 Å². The number of hydrogen-bond acceptors (Lipinski definition) is 5. The molecule has 31 heavy (non-hydrogen) atoms. The Hall–Kier alpha value is -3.81. The lowest BCUT2D eigenvalue weighted by Crippen LogP contribution is -2.46. The van der Waals surface area contributed by atoms with Crippen LogP contribution in [0.4, 0.5) is 21.9 Å². The summed E-state index contributed by atoms with van der Waals surface area (Å²) >= 11 is 0. The van der Waals surface area contributed by atoms with Crippen LogP contribution in [0, 0.1) is 5.41 Å². The minimum absolute atomic E-state index is 0.344. The number of rotatable bonds is 7. The van der Waals surface area contributed by atoms with E-state index in [1.165, 1.54) is 0 Å². The highest BCUT2D eigenvalue weighted by atomic mass is 16.2. The first-order chi connectivity index (χ1) is 14.9. The molecule has 2 aromatic rings. The van der Waals surface area contributed by atoms with Gasteiger partial charge in [0.2, 0.25) is 0 Å². The molecule has 1 unspecified atom stereocenters. The van der Waals surface area contributed by atoms with Crippen molar-refractivity contribution in [2.24, 2.45) is 0 Å². The smallest absolute Gasteiger partial charge is 0.319 e. The number of urea groups is 1. The number of amides is 3. The minimum atomic E-state index is -0.588. The molecule has 6 N–H and O–H groups in total. The van der Waals surface area contributed by atoms with Gasteiger partial charge in [0.1, 0.15) is 0 Å². The zero-order chi connectivity index (χ0) is 22.5. The molecule has 3 amide bonds. The summed E-state index contributed by atoms with van der Waals surface area (Å²) in [5.74, 6) is -0.344. The third-order valence-corrected chi connectivity index (χ3v) is 5.37. The van der Waals surface area contributed by atoms with Crippen LogP contribution >= 0.6 is 0 Å². The number of nitrogen functional groups attached to an aromatic ring is 1. The molecule has 1 aliphatic rings. The Bertz CT molecular complexity index is 1020. The highest BCUT2D eigenvalue weighted by molar-refractivity contribution is 6.07. The molecule has 8 nitrogen and oxygen atoms in total. The largest absolute Gasteiger partial charge is 0.398 e. The average molecular weight is 421 g/mol. The van der Waals surface area contributed by atoms with E-state index >= 15 is 0 Å². The SMILES string of the molecule is CCN(CC)c1ccc(C2NC(=O)NC(C)=C2C(=O)Nc2ccc(N)c(C=N)c2)cc1. The van der Waals surface area contributed by atoms with E-state index in [-0.39, 0.29) is 11.9 Å². The van der Waals surface area contributed by atoms with Crippen LogP contribution in [0.25, 0.3) is 0 Å². The van der Waals surface area contributed by atoms with Crippen molar-refractivity contribution in [2.75, 3.05) is 29.0 Å². The third kappa shape index (κ3) is 4.69. The van der Waals surface area contributed by atoms with E-state index < -0.39 is 6.04 Å². The summed E-state index contributed by atoms with van der Waals surface area (Å²) < 4.78 is 0. The maximum absolute atomic E-state index is 13.2. The molecule has 1 heterocycles. The van der Waals surface area contributed by atoms with Crippen molar-refractivity contribution in [3.63, 3.8) is 0 Å². The van der Waals surface area contributed by atoms with Gasteiger partial charge >= 0.3 is 6.03 Å². The fraction of sp³-hybridized carbons (Fsp3) is 0.261.